The summed E-state index contributed by atoms with van der Waals surface area (Å²) in [5.41, 5.74) is 3.26. The Morgan fingerprint density at radius 2 is 1.70 bits per heavy atom. The van der Waals surface area contributed by atoms with Gasteiger partial charge in [-0.15, -0.1) is 23.5 Å². The van der Waals surface area contributed by atoms with Crippen LogP contribution in [0.15, 0.2) is 48.5 Å². The standard InChI is InChI=1S/C21H24N2O2S2/c1-25-19-4-2-3-18(15-19)22-9-11-23(12-10-22)20(24)16-5-7-17(8-6-16)21-26-13-14-27-21/h2-8,15,21H,9-14H2,1H3. The van der Waals surface area contributed by atoms with E-state index in [1.165, 1.54) is 17.1 Å². The number of piperazine rings is 1. The fourth-order valence-electron chi connectivity index (χ4n) is 3.49. The van der Waals surface area contributed by atoms with E-state index in [1.54, 1.807) is 7.11 Å². The molecule has 2 aromatic rings. The van der Waals surface area contributed by atoms with Gasteiger partial charge in [0.2, 0.25) is 0 Å². The predicted molar refractivity (Wildman–Crippen MR) is 115 cm³/mol. The molecular formula is C21H24N2O2S2. The molecule has 0 radical (unpaired) electrons. The quantitative estimate of drug-likeness (QED) is 0.770. The van der Waals surface area contributed by atoms with Gasteiger partial charge in [-0.3, -0.25) is 4.79 Å². The lowest BCUT2D eigenvalue weighted by atomic mass is 10.1. The van der Waals surface area contributed by atoms with Crippen LogP contribution in [0.2, 0.25) is 0 Å². The number of hydrogen-bond donors (Lipinski definition) is 0. The molecular weight excluding hydrogens is 376 g/mol. The van der Waals surface area contributed by atoms with E-state index in [2.05, 4.69) is 29.2 Å². The van der Waals surface area contributed by atoms with Gasteiger partial charge in [-0.2, -0.15) is 0 Å². The lowest BCUT2D eigenvalue weighted by Gasteiger charge is -2.36. The highest BCUT2D eigenvalue weighted by atomic mass is 32.2. The van der Waals surface area contributed by atoms with Gasteiger partial charge in [-0.1, -0.05) is 18.2 Å². The van der Waals surface area contributed by atoms with Gasteiger partial charge in [0.15, 0.2) is 0 Å². The van der Waals surface area contributed by atoms with Crippen LogP contribution in [0.4, 0.5) is 5.69 Å². The summed E-state index contributed by atoms with van der Waals surface area (Å²) in [5.74, 6) is 3.43. The third-order valence-electron chi connectivity index (χ3n) is 5.04. The molecule has 0 atom stereocenters. The first-order chi connectivity index (χ1) is 13.2. The summed E-state index contributed by atoms with van der Waals surface area (Å²) in [5, 5.41) is 0. The highest BCUT2D eigenvalue weighted by Crippen LogP contribution is 2.45. The summed E-state index contributed by atoms with van der Waals surface area (Å²) in [4.78, 5) is 17.1. The maximum Gasteiger partial charge on any atom is 0.253 e. The Kier molecular flexibility index (Phi) is 5.83. The molecule has 2 fully saturated rings. The summed E-state index contributed by atoms with van der Waals surface area (Å²) in [6.45, 7) is 3.16. The Morgan fingerprint density at radius 1 is 1.00 bits per heavy atom. The van der Waals surface area contributed by atoms with Crippen molar-refractivity contribution in [1.29, 1.82) is 0 Å². The molecule has 4 rings (SSSR count). The van der Waals surface area contributed by atoms with Crippen LogP contribution in [0.25, 0.3) is 0 Å². The zero-order valence-corrected chi connectivity index (χ0v) is 17.1. The molecule has 0 bridgehead atoms. The lowest BCUT2D eigenvalue weighted by Crippen LogP contribution is -2.48. The highest BCUT2D eigenvalue weighted by molar-refractivity contribution is 8.19. The van der Waals surface area contributed by atoms with E-state index in [1.807, 2.05) is 52.7 Å². The van der Waals surface area contributed by atoms with Crippen molar-refractivity contribution in [3.63, 3.8) is 0 Å². The number of amides is 1. The second-order valence-corrected chi connectivity index (χ2v) is 9.40. The van der Waals surface area contributed by atoms with Gasteiger partial charge < -0.3 is 14.5 Å². The molecule has 1 amide bonds. The fourth-order valence-corrected chi connectivity index (χ4v) is 6.35. The summed E-state index contributed by atoms with van der Waals surface area (Å²) in [7, 11) is 1.69. The van der Waals surface area contributed by atoms with Crippen LogP contribution >= 0.6 is 23.5 Å². The van der Waals surface area contributed by atoms with E-state index in [0.717, 1.165) is 43.2 Å². The number of carbonyl (C=O) groups excluding carboxylic acids is 1. The lowest BCUT2D eigenvalue weighted by molar-refractivity contribution is 0.0747. The maximum absolute atomic E-state index is 12.9. The van der Waals surface area contributed by atoms with Gasteiger partial charge in [-0.25, -0.2) is 0 Å². The van der Waals surface area contributed by atoms with Crippen LogP contribution < -0.4 is 9.64 Å². The molecule has 2 aliphatic heterocycles. The third kappa shape index (κ3) is 4.22. The first-order valence-electron chi connectivity index (χ1n) is 9.26. The van der Waals surface area contributed by atoms with E-state index in [0.29, 0.717) is 4.58 Å². The van der Waals surface area contributed by atoms with Crippen molar-refractivity contribution < 1.29 is 9.53 Å². The molecule has 0 saturated carbocycles. The van der Waals surface area contributed by atoms with Gasteiger partial charge in [0.25, 0.3) is 5.91 Å². The van der Waals surface area contributed by atoms with Gasteiger partial charge >= 0.3 is 0 Å². The molecule has 2 saturated heterocycles. The molecule has 0 unspecified atom stereocenters. The molecule has 2 aliphatic rings. The topological polar surface area (TPSA) is 32.8 Å². The molecule has 0 aromatic heterocycles. The minimum atomic E-state index is 0.138. The average Bonchev–Trinajstić information content (AvgIpc) is 3.28. The first-order valence-corrected chi connectivity index (χ1v) is 11.4. The predicted octanol–water partition coefficient (Wildman–Crippen LogP) is 4.14. The van der Waals surface area contributed by atoms with Crippen molar-refractivity contribution in [2.24, 2.45) is 0 Å². The van der Waals surface area contributed by atoms with E-state index >= 15 is 0 Å². The van der Waals surface area contributed by atoms with E-state index in [4.69, 9.17) is 4.74 Å². The van der Waals surface area contributed by atoms with Crippen LogP contribution in [-0.4, -0.2) is 55.6 Å². The second kappa shape index (κ2) is 8.48. The molecule has 0 spiro atoms. The molecule has 0 aliphatic carbocycles. The Labute approximate surface area is 169 Å². The molecule has 2 aromatic carbocycles. The second-order valence-electron chi connectivity index (χ2n) is 6.68. The van der Waals surface area contributed by atoms with Crippen LogP contribution in [0, 0.1) is 0 Å². The van der Waals surface area contributed by atoms with Crippen molar-refractivity contribution in [1.82, 2.24) is 4.90 Å². The Hall–Kier alpha value is -1.79. The minimum absolute atomic E-state index is 0.138. The number of benzene rings is 2. The number of methoxy groups -OCH3 is 1. The molecule has 0 N–H and O–H groups in total. The number of thioether (sulfide) groups is 2. The van der Waals surface area contributed by atoms with E-state index in [-0.39, 0.29) is 5.91 Å². The number of ether oxygens (including phenoxy) is 1. The van der Waals surface area contributed by atoms with Crippen molar-refractivity contribution in [3.8, 4) is 5.75 Å². The van der Waals surface area contributed by atoms with Crippen molar-refractivity contribution in [3.05, 3.63) is 59.7 Å². The van der Waals surface area contributed by atoms with E-state index < -0.39 is 0 Å². The van der Waals surface area contributed by atoms with Crippen molar-refractivity contribution in [2.75, 3.05) is 49.7 Å². The Morgan fingerprint density at radius 3 is 2.37 bits per heavy atom. The molecule has 6 heteroatoms. The van der Waals surface area contributed by atoms with Gasteiger partial charge in [-0.05, 0) is 29.8 Å². The number of hydrogen-bond acceptors (Lipinski definition) is 5. The van der Waals surface area contributed by atoms with Crippen LogP contribution in [0.5, 0.6) is 5.75 Å². The molecule has 27 heavy (non-hydrogen) atoms. The summed E-state index contributed by atoms with van der Waals surface area (Å²) < 4.78 is 5.84. The zero-order chi connectivity index (χ0) is 18.6. The highest BCUT2D eigenvalue weighted by Gasteiger charge is 2.23. The molecule has 2 heterocycles. The van der Waals surface area contributed by atoms with Crippen molar-refractivity contribution in [2.45, 2.75) is 4.58 Å². The van der Waals surface area contributed by atoms with Gasteiger partial charge in [0.1, 0.15) is 5.75 Å². The number of carbonyl (C=O) groups is 1. The number of rotatable bonds is 4. The number of nitrogens with zero attached hydrogens (tertiary/aromatic N) is 2. The smallest absolute Gasteiger partial charge is 0.253 e. The third-order valence-corrected chi connectivity index (χ3v) is 8.14. The van der Waals surface area contributed by atoms with Gasteiger partial charge in [0.05, 0.1) is 11.7 Å². The fraction of sp³-hybridized carbons (Fsp3) is 0.381. The normalized spacial score (nSPS) is 18.0. The minimum Gasteiger partial charge on any atom is -0.497 e. The summed E-state index contributed by atoms with van der Waals surface area (Å²) in [6.07, 6.45) is 0. The summed E-state index contributed by atoms with van der Waals surface area (Å²) >= 11 is 3.98. The Balaban J connectivity index is 1.36. The van der Waals surface area contributed by atoms with Crippen LogP contribution in [-0.2, 0) is 0 Å². The van der Waals surface area contributed by atoms with Crippen LogP contribution in [0.3, 0.4) is 0 Å². The summed E-state index contributed by atoms with van der Waals surface area (Å²) in [6, 6.07) is 16.3. The van der Waals surface area contributed by atoms with Gasteiger partial charge in [0, 0.05) is 55.0 Å². The van der Waals surface area contributed by atoms with E-state index in [9.17, 15) is 4.79 Å². The van der Waals surface area contributed by atoms with Crippen LogP contribution in [0.1, 0.15) is 20.5 Å². The zero-order valence-electron chi connectivity index (χ0n) is 15.5. The molecule has 142 valence electrons. The average molecular weight is 401 g/mol. The maximum atomic E-state index is 12.9. The SMILES string of the molecule is COc1cccc(N2CCN(C(=O)c3ccc(C4SCCS4)cc3)CC2)c1. The monoisotopic (exact) mass is 400 g/mol. The molecule has 4 nitrogen and oxygen atoms in total. The first kappa shape index (κ1) is 18.6. The van der Waals surface area contributed by atoms with Crippen molar-refractivity contribution >= 4 is 35.1 Å². The largest absolute Gasteiger partial charge is 0.497 e. The number of anilines is 1. The Bertz CT molecular complexity index is 783.